The van der Waals surface area contributed by atoms with Crippen molar-refractivity contribution in [3.63, 3.8) is 0 Å². The Morgan fingerprint density at radius 1 is 1.27 bits per heavy atom. The maximum absolute atomic E-state index is 6.06. The van der Waals surface area contributed by atoms with E-state index in [1.165, 1.54) is 18.4 Å². The fourth-order valence-electron chi connectivity index (χ4n) is 1.83. The molecule has 82 valence electrons. The molecule has 1 aliphatic carbocycles. The summed E-state index contributed by atoms with van der Waals surface area (Å²) in [6, 6.07) is 6.01. The lowest BCUT2D eigenvalue weighted by atomic mass is 10.0. The van der Waals surface area contributed by atoms with E-state index in [0.717, 1.165) is 18.8 Å². The summed E-state index contributed by atoms with van der Waals surface area (Å²) in [5, 5.41) is 1.23. The van der Waals surface area contributed by atoms with E-state index in [1.807, 2.05) is 18.2 Å². The second-order valence-corrected chi connectivity index (χ2v) is 5.21. The first-order valence-corrected chi connectivity index (χ1v) is 6.10. The van der Waals surface area contributed by atoms with Crippen LogP contribution >= 0.6 is 23.2 Å². The molecule has 0 aliphatic heterocycles. The molecule has 3 heteroatoms. The third-order valence-electron chi connectivity index (χ3n) is 2.81. The Morgan fingerprint density at radius 2 is 2.00 bits per heavy atom. The van der Waals surface area contributed by atoms with Gasteiger partial charge < -0.3 is 5.73 Å². The van der Waals surface area contributed by atoms with Gasteiger partial charge in [0, 0.05) is 6.04 Å². The lowest BCUT2D eigenvalue weighted by Crippen LogP contribution is -2.23. The van der Waals surface area contributed by atoms with Crippen molar-refractivity contribution in [3.8, 4) is 0 Å². The fraction of sp³-hybridized carbons (Fsp3) is 0.500. The molecule has 1 aromatic rings. The van der Waals surface area contributed by atoms with Gasteiger partial charge in [0.2, 0.25) is 0 Å². The predicted octanol–water partition coefficient (Wildman–Crippen LogP) is 3.66. The average molecular weight is 244 g/mol. The van der Waals surface area contributed by atoms with Crippen LogP contribution in [0.3, 0.4) is 0 Å². The Bertz CT molecular complexity index is 347. The molecule has 0 heterocycles. The van der Waals surface area contributed by atoms with E-state index < -0.39 is 0 Å². The van der Waals surface area contributed by atoms with Crippen molar-refractivity contribution in [2.45, 2.75) is 31.7 Å². The van der Waals surface area contributed by atoms with Gasteiger partial charge in [0.15, 0.2) is 0 Å². The van der Waals surface area contributed by atoms with E-state index in [0.29, 0.717) is 10.0 Å². The summed E-state index contributed by atoms with van der Waals surface area (Å²) in [4.78, 5) is 0. The molecule has 1 atom stereocenters. The molecule has 0 spiro atoms. The van der Waals surface area contributed by atoms with Crippen LogP contribution in [-0.4, -0.2) is 6.04 Å². The molecule has 1 unspecified atom stereocenters. The molecule has 1 saturated carbocycles. The number of benzene rings is 1. The zero-order valence-electron chi connectivity index (χ0n) is 8.55. The van der Waals surface area contributed by atoms with Crippen LogP contribution in [0, 0.1) is 5.92 Å². The van der Waals surface area contributed by atoms with Gasteiger partial charge in [-0.05, 0) is 36.5 Å². The van der Waals surface area contributed by atoms with Crippen LogP contribution in [0.5, 0.6) is 0 Å². The Kier molecular flexibility index (Phi) is 3.55. The highest BCUT2D eigenvalue weighted by Gasteiger charge is 2.23. The van der Waals surface area contributed by atoms with Crippen LogP contribution in [0.2, 0.25) is 10.0 Å². The highest BCUT2D eigenvalue weighted by molar-refractivity contribution is 6.42. The summed E-state index contributed by atoms with van der Waals surface area (Å²) in [6.45, 7) is 0. The van der Waals surface area contributed by atoms with Gasteiger partial charge in [0.05, 0.1) is 10.0 Å². The van der Waals surface area contributed by atoms with Crippen molar-refractivity contribution < 1.29 is 0 Å². The van der Waals surface area contributed by atoms with E-state index in [4.69, 9.17) is 28.9 Å². The third kappa shape index (κ3) is 3.37. The van der Waals surface area contributed by atoms with Gasteiger partial charge in [-0.25, -0.2) is 0 Å². The highest BCUT2D eigenvalue weighted by Crippen LogP contribution is 2.33. The molecule has 0 saturated heterocycles. The lowest BCUT2D eigenvalue weighted by molar-refractivity contribution is 0.566. The topological polar surface area (TPSA) is 26.0 Å². The minimum absolute atomic E-state index is 0.259. The Labute approximate surface area is 101 Å². The van der Waals surface area contributed by atoms with E-state index in [-0.39, 0.29) is 6.04 Å². The van der Waals surface area contributed by atoms with E-state index in [9.17, 15) is 0 Å². The Hall–Kier alpha value is -0.240. The quantitative estimate of drug-likeness (QED) is 0.859. The molecule has 1 aliphatic rings. The molecular weight excluding hydrogens is 229 g/mol. The largest absolute Gasteiger partial charge is 0.327 e. The Balaban J connectivity index is 1.93. The molecule has 1 nitrogen and oxygen atoms in total. The maximum Gasteiger partial charge on any atom is 0.0595 e. The van der Waals surface area contributed by atoms with Gasteiger partial charge in [-0.1, -0.05) is 42.1 Å². The normalized spacial score (nSPS) is 17.8. The molecule has 1 fully saturated rings. The molecule has 0 amide bonds. The summed E-state index contributed by atoms with van der Waals surface area (Å²) in [7, 11) is 0. The van der Waals surface area contributed by atoms with Crippen molar-refractivity contribution >= 4 is 23.2 Å². The minimum atomic E-state index is 0.259. The lowest BCUT2D eigenvalue weighted by Gasteiger charge is -2.11. The van der Waals surface area contributed by atoms with Crippen molar-refractivity contribution in [3.05, 3.63) is 33.8 Å². The van der Waals surface area contributed by atoms with Gasteiger partial charge in [-0.15, -0.1) is 0 Å². The van der Waals surface area contributed by atoms with Crippen molar-refractivity contribution in [2.24, 2.45) is 11.7 Å². The SMILES string of the molecule is NC(Cc1ccc(Cl)c(Cl)c1)CC1CC1. The Morgan fingerprint density at radius 3 is 2.60 bits per heavy atom. The van der Waals surface area contributed by atoms with Crippen LogP contribution in [0.25, 0.3) is 0 Å². The first kappa shape index (κ1) is 11.3. The smallest absolute Gasteiger partial charge is 0.0595 e. The fourth-order valence-corrected chi connectivity index (χ4v) is 2.16. The summed E-state index contributed by atoms with van der Waals surface area (Å²) in [5.41, 5.74) is 7.24. The van der Waals surface area contributed by atoms with Gasteiger partial charge >= 0.3 is 0 Å². The van der Waals surface area contributed by atoms with Gasteiger partial charge in [-0.2, -0.15) is 0 Å². The summed E-state index contributed by atoms with van der Waals surface area (Å²) < 4.78 is 0. The number of nitrogens with two attached hydrogens (primary N) is 1. The van der Waals surface area contributed by atoms with Crippen molar-refractivity contribution in [1.82, 2.24) is 0 Å². The van der Waals surface area contributed by atoms with Gasteiger partial charge in [-0.3, -0.25) is 0 Å². The van der Waals surface area contributed by atoms with Crippen LogP contribution in [0.4, 0.5) is 0 Å². The predicted molar refractivity (Wildman–Crippen MR) is 65.5 cm³/mol. The van der Waals surface area contributed by atoms with Crippen LogP contribution in [-0.2, 0) is 6.42 Å². The third-order valence-corrected chi connectivity index (χ3v) is 3.55. The standard InChI is InChI=1S/C12H15Cl2N/c13-11-4-3-9(7-12(11)14)6-10(15)5-8-1-2-8/h3-4,7-8,10H,1-2,5-6,15H2. The van der Waals surface area contributed by atoms with E-state index in [2.05, 4.69) is 0 Å². The van der Waals surface area contributed by atoms with Crippen molar-refractivity contribution in [1.29, 1.82) is 0 Å². The van der Waals surface area contributed by atoms with Crippen LogP contribution < -0.4 is 5.73 Å². The maximum atomic E-state index is 6.06. The summed E-state index contributed by atoms with van der Waals surface area (Å²) in [6.07, 6.45) is 4.75. The van der Waals surface area contributed by atoms with E-state index in [1.54, 1.807) is 0 Å². The number of rotatable bonds is 4. The minimum Gasteiger partial charge on any atom is -0.327 e. The van der Waals surface area contributed by atoms with Crippen molar-refractivity contribution in [2.75, 3.05) is 0 Å². The number of halogens is 2. The first-order chi connectivity index (χ1) is 7.15. The second kappa shape index (κ2) is 4.73. The van der Waals surface area contributed by atoms with E-state index >= 15 is 0 Å². The molecule has 15 heavy (non-hydrogen) atoms. The molecule has 1 aromatic carbocycles. The number of hydrogen-bond acceptors (Lipinski definition) is 1. The summed E-state index contributed by atoms with van der Waals surface area (Å²) in [5.74, 6) is 0.878. The molecule has 0 bridgehead atoms. The zero-order valence-corrected chi connectivity index (χ0v) is 10.1. The zero-order chi connectivity index (χ0) is 10.8. The van der Waals surface area contributed by atoms with Gasteiger partial charge in [0.25, 0.3) is 0 Å². The number of hydrogen-bond donors (Lipinski definition) is 1. The first-order valence-electron chi connectivity index (χ1n) is 5.34. The molecule has 0 radical (unpaired) electrons. The summed E-state index contributed by atoms with van der Waals surface area (Å²) >= 11 is 11.8. The molecule has 0 aromatic heterocycles. The highest BCUT2D eigenvalue weighted by atomic mass is 35.5. The van der Waals surface area contributed by atoms with Gasteiger partial charge in [0.1, 0.15) is 0 Å². The molecular formula is C12H15Cl2N. The second-order valence-electron chi connectivity index (χ2n) is 4.39. The average Bonchev–Trinajstić information content (AvgIpc) is 2.95. The molecule has 2 N–H and O–H groups in total. The molecule has 2 rings (SSSR count). The van der Waals surface area contributed by atoms with Crippen LogP contribution in [0.15, 0.2) is 18.2 Å². The monoisotopic (exact) mass is 243 g/mol. The van der Waals surface area contributed by atoms with Crippen LogP contribution in [0.1, 0.15) is 24.8 Å².